The summed E-state index contributed by atoms with van der Waals surface area (Å²) >= 11 is 1.63. The molecule has 28 heavy (non-hydrogen) atoms. The summed E-state index contributed by atoms with van der Waals surface area (Å²) in [5, 5.41) is 7.51. The number of rotatable bonds is 4. The number of amides is 1. The maximum atomic E-state index is 13.5. The lowest BCUT2D eigenvalue weighted by atomic mass is 9.93. The zero-order valence-corrected chi connectivity index (χ0v) is 16.3. The van der Waals surface area contributed by atoms with Crippen molar-refractivity contribution in [2.24, 2.45) is 5.41 Å². The Morgan fingerprint density at radius 2 is 2.18 bits per heavy atom. The SMILES string of the molecule is O=C(c1cnc2ccccn2c1=O)N(Cc1ccsc1)C1CC12CCNCC2. The largest absolute Gasteiger partial charge is 0.330 e. The molecule has 1 amide bonds. The van der Waals surface area contributed by atoms with Crippen LogP contribution in [-0.2, 0) is 6.54 Å². The van der Waals surface area contributed by atoms with E-state index in [0.29, 0.717) is 12.2 Å². The molecule has 0 aromatic carbocycles. The summed E-state index contributed by atoms with van der Waals surface area (Å²) in [7, 11) is 0. The molecule has 1 unspecified atom stereocenters. The smallest absolute Gasteiger partial charge is 0.270 e. The van der Waals surface area contributed by atoms with Crippen LogP contribution < -0.4 is 10.9 Å². The van der Waals surface area contributed by atoms with Gasteiger partial charge in [0.1, 0.15) is 11.2 Å². The second kappa shape index (κ2) is 6.83. The van der Waals surface area contributed by atoms with Gasteiger partial charge in [0.05, 0.1) is 0 Å². The number of hydrogen-bond donors (Lipinski definition) is 1. The highest BCUT2D eigenvalue weighted by Gasteiger charge is 2.58. The minimum atomic E-state index is -0.300. The lowest BCUT2D eigenvalue weighted by Gasteiger charge is -2.29. The summed E-state index contributed by atoms with van der Waals surface area (Å²) in [5.74, 6) is -0.206. The number of pyridine rings is 1. The van der Waals surface area contributed by atoms with E-state index >= 15 is 0 Å². The van der Waals surface area contributed by atoms with Crippen molar-refractivity contribution in [3.05, 3.63) is 68.9 Å². The van der Waals surface area contributed by atoms with E-state index in [1.165, 1.54) is 10.6 Å². The zero-order valence-electron chi connectivity index (χ0n) is 15.5. The molecule has 1 spiro atoms. The second-order valence-electron chi connectivity index (χ2n) is 7.80. The van der Waals surface area contributed by atoms with Gasteiger partial charge in [0.15, 0.2) is 0 Å². The highest BCUT2D eigenvalue weighted by atomic mass is 32.1. The first-order valence-electron chi connectivity index (χ1n) is 9.67. The Balaban J connectivity index is 1.51. The first kappa shape index (κ1) is 17.6. The van der Waals surface area contributed by atoms with Crippen LogP contribution in [0.4, 0.5) is 0 Å². The fraction of sp³-hybridized carbons (Fsp3) is 0.381. The number of carbonyl (C=O) groups is 1. The van der Waals surface area contributed by atoms with Crippen LogP contribution in [0.3, 0.4) is 0 Å². The molecule has 0 radical (unpaired) electrons. The summed E-state index contributed by atoms with van der Waals surface area (Å²) in [5.41, 5.74) is 1.72. The van der Waals surface area contributed by atoms with Gasteiger partial charge in [-0.25, -0.2) is 4.98 Å². The van der Waals surface area contributed by atoms with E-state index in [9.17, 15) is 9.59 Å². The molecule has 4 heterocycles. The van der Waals surface area contributed by atoms with Crippen molar-refractivity contribution in [3.8, 4) is 0 Å². The first-order valence-corrected chi connectivity index (χ1v) is 10.6. The van der Waals surface area contributed by atoms with Gasteiger partial charge in [-0.05, 0) is 72.3 Å². The van der Waals surface area contributed by atoms with Crippen molar-refractivity contribution in [2.45, 2.75) is 31.8 Å². The van der Waals surface area contributed by atoms with Gasteiger partial charge in [-0.2, -0.15) is 11.3 Å². The number of carbonyl (C=O) groups excluding carboxylic acids is 1. The standard InChI is InChI=1S/C21H22N4O2S/c26-19-16(12-23-18-3-1-2-9-24(18)19)20(27)25(13-15-4-10-28-14-15)17-11-21(17)5-7-22-8-6-21/h1-4,9-10,12,14,17,22H,5-8,11,13H2. The monoisotopic (exact) mass is 394 g/mol. The fourth-order valence-electron chi connectivity index (χ4n) is 4.46. The van der Waals surface area contributed by atoms with Crippen LogP contribution in [0.1, 0.15) is 35.2 Å². The van der Waals surface area contributed by atoms with Crippen molar-refractivity contribution in [1.29, 1.82) is 0 Å². The number of hydrogen-bond acceptors (Lipinski definition) is 5. The summed E-state index contributed by atoms with van der Waals surface area (Å²) in [6, 6.07) is 7.62. The molecule has 7 heteroatoms. The highest BCUT2D eigenvalue weighted by Crippen LogP contribution is 2.56. The molecule has 6 nitrogen and oxygen atoms in total. The van der Waals surface area contributed by atoms with E-state index in [1.807, 2.05) is 22.4 Å². The third-order valence-corrected chi connectivity index (χ3v) is 6.89. The lowest BCUT2D eigenvalue weighted by molar-refractivity contribution is 0.0690. The minimum absolute atomic E-state index is 0.148. The third kappa shape index (κ3) is 2.95. The van der Waals surface area contributed by atoms with Crippen molar-refractivity contribution in [3.63, 3.8) is 0 Å². The van der Waals surface area contributed by atoms with Crippen LogP contribution in [0.2, 0.25) is 0 Å². The van der Waals surface area contributed by atoms with Crippen molar-refractivity contribution >= 4 is 22.9 Å². The zero-order chi connectivity index (χ0) is 19.1. The van der Waals surface area contributed by atoms with Gasteiger partial charge in [0.25, 0.3) is 11.5 Å². The van der Waals surface area contributed by atoms with Gasteiger partial charge in [-0.1, -0.05) is 6.07 Å². The summed E-state index contributed by atoms with van der Waals surface area (Å²) in [4.78, 5) is 32.7. The summed E-state index contributed by atoms with van der Waals surface area (Å²) in [6.07, 6.45) is 6.29. The van der Waals surface area contributed by atoms with E-state index in [2.05, 4.69) is 15.7 Å². The number of nitrogens with zero attached hydrogens (tertiary/aromatic N) is 3. The molecule has 1 N–H and O–H groups in total. The van der Waals surface area contributed by atoms with Crippen LogP contribution in [0.25, 0.3) is 5.65 Å². The Labute approximate surface area is 166 Å². The molecule has 5 rings (SSSR count). The average Bonchev–Trinajstić information content (AvgIpc) is 3.14. The molecular formula is C21H22N4O2S. The topological polar surface area (TPSA) is 66.7 Å². The normalized spacial score (nSPS) is 20.4. The van der Waals surface area contributed by atoms with Crippen LogP contribution >= 0.6 is 11.3 Å². The molecule has 1 aliphatic carbocycles. The molecule has 1 saturated carbocycles. The van der Waals surface area contributed by atoms with Gasteiger partial charge in [-0.3, -0.25) is 14.0 Å². The molecule has 1 aliphatic heterocycles. The molecule has 1 atom stereocenters. The van der Waals surface area contributed by atoms with Crippen LogP contribution in [0, 0.1) is 5.41 Å². The molecule has 0 bridgehead atoms. The van der Waals surface area contributed by atoms with Gasteiger partial charge in [0.2, 0.25) is 0 Å². The molecule has 144 valence electrons. The van der Waals surface area contributed by atoms with E-state index in [0.717, 1.165) is 37.9 Å². The molecular weight excluding hydrogens is 372 g/mol. The number of nitrogens with one attached hydrogen (secondary N) is 1. The second-order valence-corrected chi connectivity index (χ2v) is 8.58. The maximum absolute atomic E-state index is 13.5. The van der Waals surface area contributed by atoms with Gasteiger partial charge in [0, 0.05) is 25.0 Å². The highest BCUT2D eigenvalue weighted by molar-refractivity contribution is 7.07. The van der Waals surface area contributed by atoms with Crippen LogP contribution in [-0.4, -0.2) is 39.3 Å². The van der Waals surface area contributed by atoms with Gasteiger partial charge < -0.3 is 10.2 Å². The third-order valence-electron chi connectivity index (χ3n) is 6.16. The summed E-state index contributed by atoms with van der Waals surface area (Å²) < 4.78 is 1.45. The minimum Gasteiger partial charge on any atom is -0.330 e. The molecule has 1 saturated heterocycles. The Morgan fingerprint density at radius 1 is 1.32 bits per heavy atom. The van der Waals surface area contributed by atoms with Crippen molar-refractivity contribution < 1.29 is 4.79 Å². The Hall–Kier alpha value is -2.51. The first-order chi connectivity index (χ1) is 13.7. The van der Waals surface area contributed by atoms with Gasteiger partial charge in [-0.15, -0.1) is 0 Å². The molecule has 2 aliphatic rings. The number of aromatic nitrogens is 2. The summed E-state index contributed by atoms with van der Waals surface area (Å²) in [6.45, 7) is 2.54. The Bertz CT molecular complexity index is 1070. The van der Waals surface area contributed by atoms with E-state index in [4.69, 9.17) is 0 Å². The van der Waals surface area contributed by atoms with E-state index < -0.39 is 0 Å². The lowest BCUT2D eigenvalue weighted by Crippen LogP contribution is -2.41. The molecule has 2 fully saturated rings. The van der Waals surface area contributed by atoms with E-state index in [-0.39, 0.29) is 28.5 Å². The van der Waals surface area contributed by atoms with Gasteiger partial charge >= 0.3 is 0 Å². The predicted octanol–water partition coefficient (Wildman–Crippen LogP) is 2.54. The predicted molar refractivity (Wildman–Crippen MR) is 109 cm³/mol. The van der Waals surface area contributed by atoms with Crippen LogP contribution in [0.15, 0.2) is 52.2 Å². The average molecular weight is 395 g/mol. The molecule has 3 aromatic heterocycles. The fourth-order valence-corrected chi connectivity index (χ4v) is 5.12. The van der Waals surface area contributed by atoms with Crippen molar-refractivity contribution in [1.82, 2.24) is 19.6 Å². The van der Waals surface area contributed by atoms with Crippen LogP contribution in [0.5, 0.6) is 0 Å². The maximum Gasteiger partial charge on any atom is 0.270 e. The number of fused-ring (bicyclic) bond motifs is 1. The molecule has 3 aromatic rings. The Morgan fingerprint density at radius 3 is 2.96 bits per heavy atom. The number of piperidine rings is 1. The van der Waals surface area contributed by atoms with E-state index in [1.54, 1.807) is 29.7 Å². The quantitative estimate of drug-likeness (QED) is 0.739. The Kier molecular flexibility index (Phi) is 4.29. The number of thiophene rings is 1. The van der Waals surface area contributed by atoms with Crippen molar-refractivity contribution in [2.75, 3.05) is 13.1 Å².